The highest BCUT2D eigenvalue weighted by atomic mass is 32.2. The van der Waals surface area contributed by atoms with Crippen molar-refractivity contribution >= 4 is 9.84 Å². The second kappa shape index (κ2) is 6.45. The molecule has 15 heavy (non-hydrogen) atoms. The summed E-state index contributed by atoms with van der Waals surface area (Å²) in [6.45, 7) is 3.84. The summed E-state index contributed by atoms with van der Waals surface area (Å²) in [5.74, 6) is -0.141. The molecule has 0 saturated heterocycles. The van der Waals surface area contributed by atoms with Gasteiger partial charge in [0.15, 0.2) is 0 Å². The first-order chi connectivity index (χ1) is 6.87. The molecular weight excluding hydrogens is 216 g/mol. The van der Waals surface area contributed by atoms with Gasteiger partial charge in [-0.05, 0) is 12.8 Å². The number of sulfone groups is 1. The predicted octanol–water partition coefficient (Wildman–Crippen LogP) is 1.42. The maximum Gasteiger partial charge on any atom is 0.268 e. The standard InChI is InChI=1S/C10H22O4S/c1-3-5-7-9-15(13,14)10(11,12)8-6-4-2/h11-12H,3-9H2,1-2H3. The van der Waals surface area contributed by atoms with Gasteiger partial charge in [0.25, 0.3) is 5.12 Å². The Morgan fingerprint density at radius 3 is 2.00 bits per heavy atom. The van der Waals surface area contributed by atoms with Crippen LogP contribution in [0.5, 0.6) is 0 Å². The zero-order valence-corrected chi connectivity index (χ0v) is 10.4. The van der Waals surface area contributed by atoms with Crippen molar-refractivity contribution in [2.75, 3.05) is 5.75 Å². The van der Waals surface area contributed by atoms with Crippen LogP contribution >= 0.6 is 0 Å². The van der Waals surface area contributed by atoms with E-state index in [2.05, 4.69) is 0 Å². The molecule has 2 N–H and O–H groups in total. The van der Waals surface area contributed by atoms with E-state index in [0.717, 1.165) is 19.3 Å². The van der Waals surface area contributed by atoms with E-state index in [9.17, 15) is 18.6 Å². The summed E-state index contributed by atoms with van der Waals surface area (Å²) in [6, 6.07) is 0. The van der Waals surface area contributed by atoms with Crippen molar-refractivity contribution in [1.82, 2.24) is 0 Å². The fourth-order valence-corrected chi connectivity index (χ4v) is 2.63. The van der Waals surface area contributed by atoms with Gasteiger partial charge in [0.2, 0.25) is 9.84 Å². The molecule has 5 heteroatoms. The van der Waals surface area contributed by atoms with Crippen LogP contribution in [0.4, 0.5) is 0 Å². The zero-order valence-electron chi connectivity index (χ0n) is 9.57. The van der Waals surface area contributed by atoms with Gasteiger partial charge in [-0.2, -0.15) is 0 Å². The summed E-state index contributed by atoms with van der Waals surface area (Å²) < 4.78 is 23.1. The predicted molar refractivity (Wildman–Crippen MR) is 60.0 cm³/mol. The Morgan fingerprint density at radius 2 is 1.53 bits per heavy atom. The lowest BCUT2D eigenvalue weighted by Gasteiger charge is -2.21. The average Bonchev–Trinajstić information content (AvgIpc) is 2.15. The zero-order chi connectivity index (χ0) is 11.9. The second-order valence-electron chi connectivity index (χ2n) is 3.87. The lowest BCUT2D eigenvalue weighted by molar-refractivity contribution is -0.0911. The monoisotopic (exact) mass is 238 g/mol. The van der Waals surface area contributed by atoms with Crippen molar-refractivity contribution < 1.29 is 18.6 Å². The molecule has 4 nitrogen and oxygen atoms in total. The third-order valence-corrected chi connectivity index (χ3v) is 4.40. The minimum atomic E-state index is -3.79. The van der Waals surface area contributed by atoms with Gasteiger partial charge in [0.05, 0.1) is 5.75 Å². The SMILES string of the molecule is CCCCCS(=O)(=O)C(O)(O)CCCC. The molecule has 0 aromatic carbocycles. The Balaban J connectivity index is 4.28. The summed E-state index contributed by atoms with van der Waals surface area (Å²) in [7, 11) is -3.79. The highest BCUT2D eigenvalue weighted by Crippen LogP contribution is 2.20. The maximum absolute atomic E-state index is 11.5. The van der Waals surface area contributed by atoms with Gasteiger partial charge < -0.3 is 10.2 Å². The number of hydrogen-bond donors (Lipinski definition) is 2. The van der Waals surface area contributed by atoms with Crippen LogP contribution in [0.25, 0.3) is 0 Å². The molecule has 0 spiro atoms. The van der Waals surface area contributed by atoms with Crippen LogP contribution in [0.15, 0.2) is 0 Å². The molecule has 0 saturated carbocycles. The van der Waals surface area contributed by atoms with Crippen LogP contribution in [-0.2, 0) is 9.84 Å². The largest absolute Gasteiger partial charge is 0.354 e. The quantitative estimate of drug-likeness (QED) is 0.495. The summed E-state index contributed by atoms with van der Waals surface area (Å²) in [5, 5.41) is 16.3. The molecule has 0 aliphatic heterocycles. The molecule has 0 rings (SSSR count). The molecule has 0 radical (unpaired) electrons. The highest BCUT2D eigenvalue weighted by molar-refractivity contribution is 7.92. The molecule has 0 unspecified atom stereocenters. The van der Waals surface area contributed by atoms with E-state index >= 15 is 0 Å². The Kier molecular flexibility index (Phi) is 6.40. The summed E-state index contributed by atoms with van der Waals surface area (Å²) in [6.07, 6.45) is 3.34. The number of unbranched alkanes of at least 4 members (excludes halogenated alkanes) is 3. The van der Waals surface area contributed by atoms with E-state index in [0.29, 0.717) is 12.8 Å². The Bertz CT molecular complexity index is 257. The van der Waals surface area contributed by atoms with Gasteiger partial charge in [-0.3, -0.25) is 0 Å². The molecule has 0 aliphatic rings. The minimum Gasteiger partial charge on any atom is -0.354 e. The first kappa shape index (κ1) is 14.9. The lowest BCUT2D eigenvalue weighted by Crippen LogP contribution is -2.39. The van der Waals surface area contributed by atoms with E-state index < -0.39 is 15.0 Å². The Hall–Kier alpha value is -0.130. The maximum atomic E-state index is 11.5. The molecule has 0 bridgehead atoms. The van der Waals surface area contributed by atoms with Crippen LogP contribution < -0.4 is 0 Å². The topological polar surface area (TPSA) is 74.6 Å². The highest BCUT2D eigenvalue weighted by Gasteiger charge is 2.38. The summed E-state index contributed by atoms with van der Waals surface area (Å²) in [4.78, 5) is 0. The van der Waals surface area contributed by atoms with Crippen LogP contribution in [0.1, 0.15) is 52.4 Å². The smallest absolute Gasteiger partial charge is 0.268 e. The lowest BCUT2D eigenvalue weighted by atomic mass is 10.2. The normalized spacial score (nSPS) is 13.1. The van der Waals surface area contributed by atoms with E-state index in [1.807, 2.05) is 13.8 Å². The second-order valence-corrected chi connectivity index (χ2v) is 6.16. The van der Waals surface area contributed by atoms with E-state index in [4.69, 9.17) is 0 Å². The number of hydrogen-bond acceptors (Lipinski definition) is 4. The van der Waals surface area contributed by atoms with E-state index in [1.54, 1.807) is 0 Å². The van der Waals surface area contributed by atoms with Crippen molar-refractivity contribution in [2.24, 2.45) is 0 Å². The average molecular weight is 238 g/mol. The van der Waals surface area contributed by atoms with Gasteiger partial charge in [0.1, 0.15) is 0 Å². The molecule has 0 heterocycles. The Labute approximate surface area is 92.2 Å². The van der Waals surface area contributed by atoms with Crippen molar-refractivity contribution in [2.45, 2.75) is 57.5 Å². The van der Waals surface area contributed by atoms with Gasteiger partial charge in [0, 0.05) is 6.42 Å². The van der Waals surface area contributed by atoms with Gasteiger partial charge in [-0.25, -0.2) is 8.42 Å². The van der Waals surface area contributed by atoms with Gasteiger partial charge in [-0.1, -0.05) is 33.1 Å². The molecule has 0 aromatic rings. The van der Waals surface area contributed by atoms with Crippen LogP contribution in [0, 0.1) is 0 Å². The first-order valence-electron chi connectivity index (χ1n) is 5.54. The van der Waals surface area contributed by atoms with Crippen LogP contribution in [0.3, 0.4) is 0 Å². The van der Waals surface area contributed by atoms with E-state index in [-0.39, 0.29) is 12.2 Å². The van der Waals surface area contributed by atoms with Crippen molar-refractivity contribution in [3.05, 3.63) is 0 Å². The van der Waals surface area contributed by atoms with Gasteiger partial charge >= 0.3 is 0 Å². The van der Waals surface area contributed by atoms with Crippen molar-refractivity contribution in [1.29, 1.82) is 0 Å². The summed E-state index contributed by atoms with van der Waals surface area (Å²) in [5.41, 5.74) is 0. The summed E-state index contributed by atoms with van der Waals surface area (Å²) >= 11 is 0. The van der Waals surface area contributed by atoms with Crippen molar-refractivity contribution in [3.63, 3.8) is 0 Å². The molecule has 92 valence electrons. The fraction of sp³-hybridized carbons (Fsp3) is 1.00. The van der Waals surface area contributed by atoms with Crippen LogP contribution in [0.2, 0.25) is 0 Å². The fourth-order valence-electron chi connectivity index (χ4n) is 1.27. The Morgan fingerprint density at radius 1 is 1.00 bits per heavy atom. The first-order valence-corrected chi connectivity index (χ1v) is 7.19. The molecule has 0 atom stereocenters. The minimum absolute atomic E-state index is 0.0992. The number of aliphatic hydroxyl groups is 2. The van der Waals surface area contributed by atoms with Gasteiger partial charge in [-0.15, -0.1) is 0 Å². The molecule has 0 aliphatic carbocycles. The molecular formula is C10H22O4S. The van der Waals surface area contributed by atoms with E-state index in [1.165, 1.54) is 0 Å². The van der Waals surface area contributed by atoms with Crippen LogP contribution in [-0.4, -0.2) is 29.5 Å². The molecule has 0 amide bonds. The molecule has 0 aromatic heterocycles. The number of rotatable bonds is 8. The molecule has 0 fully saturated rings. The third-order valence-electron chi connectivity index (χ3n) is 2.37. The third kappa shape index (κ3) is 4.95. The van der Waals surface area contributed by atoms with Crippen molar-refractivity contribution in [3.8, 4) is 0 Å².